The number of halogens is 1. The van der Waals surface area contributed by atoms with Crippen LogP contribution >= 0.6 is 34.8 Å². The van der Waals surface area contributed by atoms with E-state index in [1.807, 2.05) is 60.7 Å². The SMILES string of the molecule is CCOc1cc(C=C2C(=O)NC(=S)NC2=O)cc(I)c1OCC(=O)Nc1ccc(C)cc1. The molecule has 2 aromatic rings. The van der Waals surface area contributed by atoms with Gasteiger partial charge in [-0.2, -0.15) is 0 Å². The van der Waals surface area contributed by atoms with Crippen molar-refractivity contribution >= 4 is 69.4 Å². The highest BCUT2D eigenvalue weighted by Gasteiger charge is 2.26. The maximum absolute atomic E-state index is 12.3. The topological polar surface area (TPSA) is 106 Å². The molecule has 0 spiro atoms. The lowest BCUT2D eigenvalue weighted by atomic mass is 10.1. The first-order valence-corrected chi connectivity index (χ1v) is 11.1. The summed E-state index contributed by atoms with van der Waals surface area (Å²) in [5, 5.41) is 7.52. The Balaban J connectivity index is 1.78. The summed E-state index contributed by atoms with van der Waals surface area (Å²) in [7, 11) is 0. The van der Waals surface area contributed by atoms with Crippen molar-refractivity contribution in [1.82, 2.24) is 10.6 Å². The highest BCUT2D eigenvalue weighted by Crippen LogP contribution is 2.35. The van der Waals surface area contributed by atoms with Crippen molar-refractivity contribution in [3.05, 3.63) is 56.7 Å². The number of hydrogen-bond donors (Lipinski definition) is 3. The number of carbonyl (C=O) groups is 3. The first-order valence-electron chi connectivity index (χ1n) is 9.61. The fraction of sp³-hybridized carbons (Fsp3) is 0.182. The van der Waals surface area contributed by atoms with E-state index in [0.29, 0.717) is 32.9 Å². The zero-order valence-electron chi connectivity index (χ0n) is 17.3. The molecular formula is C22H20IN3O5S. The van der Waals surface area contributed by atoms with Gasteiger partial charge < -0.3 is 14.8 Å². The summed E-state index contributed by atoms with van der Waals surface area (Å²) in [6.07, 6.45) is 1.44. The monoisotopic (exact) mass is 565 g/mol. The lowest BCUT2D eigenvalue weighted by Gasteiger charge is -2.17. The number of nitrogens with one attached hydrogen (secondary N) is 3. The molecule has 32 heavy (non-hydrogen) atoms. The zero-order chi connectivity index (χ0) is 23.3. The molecule has 0 atom stereocenters. The molecule has 1 aliphatic rings. The quantitative estimate of drug-likeness (QED) is 0.207. The maximum Gasteiger partial charge on any atom is 0.263 e. The van der Waals surface area contributed by atoms with Crippen LogP contribution in [0.15, 0.2) is 42.0 Å². The van der Waals surface area contributed by atoms with Gasteiger partial charge in [0, 0.05) is 5.69 Å². The van der Waals surface area contributed by atoms with Crippen LogP contribution in [0.25, 0.3) is 6.08 Å². The van der Waals surface area contributed by atoms with Gasteiger partial charge in [-0.05, 0) is 84.6 Å². The summed E-state index contributed by atoms with van der Waals surface area (Å²) < 4.78 is 12.1. The van der Waals surface area contributed by atoms with Gasteiger partial charge in [0.25, 0.3) is 17.7 Å². The van der Waals surface area contributed by atoms with Gasteiger partial charge in [0.15, 0.2) is 23.2 Å². The number of hydrogen-bond acceptors (Lipinski definition) is 6. The summed E-state index contributed by atoms with van der Waals surface area (Å²) in [5.41, 5.74) is 2.25. The van der Waals surface area contributed by atoms with Crippen molar-refractivity contribution in [2.75, 3.05) is 18.5 Å². The number of amides is 3. The third kappa shape index (κ3) is 6.04. The third-order valence-corrected chi connectivity index (χ3v) is 5.27. The lowest BCUT2D eigenvalue weighted by Crippen LogP contribution is -2.51. The predicted molar refractivity (Wildman–Crippen MR) is 132 cm³/mol. The molecule has 166 valence electrons. The van der Waals surface area contributed by atoms with Crippen molar-refractivity contribution in [2.24, 2.45) is 0 Å². The molecule has 0 bridgehead atoms. The summed E-state index contributed by atoms with van der Waals surface area (Å²) in [6, 6.07) is 10.8. The third-order valence-electron chi connectivity index (χ3n) is 4.27. The molecular weight excluding hydrogens is 545 g/mol. The van der Waals surface area contributed by atoms with Gasteiger partial charge in [0.2, 0.25) is 0 Å². The molecule has 2 aromatic carbocycles. The van der Waals surface area contributed by atoms with E-state index in [1.54, 1.807) is 12.1 Å². The van der Waals surface area contributed by atoms with Gasteiger partial charge in [0.1, 0.15) is 5.57 Å². The number of rotatable bonds is 7. The van der Waals surface area contributed by atoms with Crippen molar-refractivity contribution in [2.45, 2.75) is 13.8 Å². The van der Waals surface area contributed by atoms with Crippen LogP contribution in [0.1, 0.15) is 18.1 Å². The molecule has 1 heterocycles. The molecule has 0 aromatic heterocycles. The van der Waals surface area contributed by atoms with Crippen LogP contribution in [0.3, 0.4) is 0 Å². The molecule has 1 saturated heterocycles. The Kier molecular flexibility index (Phi) is 7.80. The number of benzene rings is 2. The van der Waals surface area contributed by atoms with E-state index < -0.39 is 11.8 Å². The van der Waals surface area contributed by atoms with Gasteiger partial charge in [-0.15, -0.1) is 0 Å². The van der Waals surface area contributed by atoms with Crippen LogP contribution in [-0.2, 0) is 14.4 Å². The van der Waals surface area contributed by atoms with Crippen molar-refractivity contribution < 1.29 is 23.9 Å². The molecule has 3 N–H and O–H groups in total. The van der Waals surface area contributed by atoms with Gasteiger partial charge in [0.05, 0.1) is 10.2 Å². The van der Waals surface area contributed by atoms with E-state index in [-0.39, 0.29) is 23.2 Å². The fourth-order valence-corrected chi connectivity index (χ4v) is 3.79. The normalized spacial score (nSPS) is 13.2. The van der Waals surface area contributed by atoms with Crippen LogP contribution in [0.2, 0.25) is 0 Å². The Labute approximate surface area is 203 Å². The smallest absolute Gasteiger partial charge is 0.263 e. The molecule has 1 fully saturated rings. The molecule has 8 nitrogen and oxygen atoms in total. The summed E-state index contributed by atoms with van der Waals surface area (Å²) >= 11 is 6.85. The standard InChI is InChI=1S/C22H20IN3O5S/c1-3-30-17-10-13(8-15-20(28)25-22(32)26-21(15)29)9-16(23)19(17)31-11-18(27)24-14-6-4-12(2)5-7-14/h4-10H,3,11H2,1-2H3,(H,24,27)(H2,25,26,28,29,32). The molecule has 0 radical (unpaired) electrons. The Morgan fingerprint density at radius 1 is 1.12 bits per heavy atom. The zero-order valence-corrected chi connectivity index (χ0v) is 20.3. The summed E-state index contributed by atoms with van der Waals surface area (Å²) in [6.45, 7) is 3.92. The van der Waals surface area contributed by atoms with Gasteiger partial charge >= 0.3 is 0 Å². The van der Waals surface area contributed by atoms with Gasteiger partial charge in [-0.25, -0.2) is 0 Å². The van der Waals surface area contributed by atoms with E-state index in [1.165, 1.54) is 6.08 Å². The highest BCUT2D eigenvalue weighted by molar-refractivity contribution is 14.1. The average Bonchev–Trinajstić information content (AvgIpc) is 2.72. The first kappa shape index (κ1) is 23.7. The van der Waals surface area contributed by atoms with Crippen LogP contribution in [-0.4, -0.2) is 36.0 Å². The van der Waals surface area contributed by atoms with Crippen LogP contribution in [0.5, 0.6) is 11.5 Å². The first-order chi connectivity index (χ1) is 15.3. The number of thiocarbonyl (C=S) groups is 1. The molecule has 0 aliphatic carbocycles. The fourth-order valence-electron chi connectivity index (χ4n) is 2.82. The Bertz CT molecular complexity index is 1090. The average molecular weight is 565 g/mol. The number of anilines is 1. The molecule has 3 rings (SSSR count). The predicted octanol–water partition coefficient (Wildman–Crippen LogP) is 2.93. The molecule has 1 aliphatic heterocycles. The van der Waals surface area contributed by atoms with Crippen LogP contribution < -0.4 is 25.4 Å². The Hall–Kier alpha value is -2.99. The highest BCUT2D eigenvalue weighted by atomic mass is 127. The largest absolute Gasteiger partial charge is 0.490 e. The second kappa shape index (κ2) is 10.6. The van der Waals surface area contributed by atoms with E-state index in [0.717, 1.165) is 5.56 Å². The van der Waals surface area contributed by atoms with E-state index >= 15 is 0 Å². The number of aryl methyl sites for hydroxylation is 1. The van der Waals surface area contributed by atoms with Crippen molar-refractivity contribution in [3.8, 4) is 11.5 Å². The van der Waals surface area contributed by atoms with Gasteiger partial charge in [-0.3, -0.25) is 25.0 Å². The minimum atomic E-state index is -0.583. The molecule has 3 amide bonds. The van der Waals surface area contributed by atoms with E-state index in [4.69, 9.17) is 21.7 Å². The molecule has 10 heteroatoms. The Morgan fingerprint density at radius 3 is 2.41 bits per heavy atom. The van der Waals surface area contributed by atoms with Crippen LogP contribution in [0, 0.1) is 10.5 Å². The second-order valence-corrected chi connectivity index (χ2v) is 8.33. The lowest BCUT2D eigenvalue weighted by molar-refractivity contribution is -0.123. The second-order valence-electron chi connectivity index (χ2n) is 6.76. The van der Waals surface area contributed by atoms with E-state index in [2.05, 4.69) is 16.0 Å². The maximum atomic E-state index is 12.3. The minimum absolute atomic E-state index is 0.0330. The van der Waals surface area contributed by atoms with Gasteiger partial charge in [-0.1, -0.05) is 17.7 Å². The minimum Gasteiger partial charge on any atom is -0.490 e. The van der Waals surface area contributed by atoms with Crippen molar-refractivity contribution in [3.63, 3.8) is 0 Å². The summed E-state index contributed by atoms with van der Waals surface area (Å²) in [5.74, 6) is -0.696. The van der Waals surface area contributed by atoms with E-state index in [9.17, 15) is 14.4 Å². The number of ether oxygens (including phenoxy) is 2. The Morgan fingerprint density at radius 2 is 1.78 bits per heavy atom. The molecule has 0 saturated carbocycles. The number of carbonyl (C=O) groups excluding carboxylic acids is 3. The summed E-state index contributed by atoms with van der Waals surface area (Å²) in [4.78, 5) is 36.5. The van der Waals surface area contributed by atoms with Crippen LogP contribution in [0.4, 0.5) is 5.69 Å². The van der Waals surface area contributed by atoms with Crippen molar-refractivity contribution in [1.29, 1.82) is 0 Å². The molecule has 0 unspecified atom stereocenters.